The molecule has 1 aliphatic heterocycles. The van der Waals surface area contributed by atoms with Gasteiger partial charge in [-0.1, -0.05) is 17.7 Å². The summed E-state index contributed by atoms with van der Waals surface area (Å²) in [7, 11) is 0. The van der Waals surface area contributed by atoms with Gasteiger partial charge in [0.05, 0.1) is 17.2 Å². The highest BCUT2D eigenvalue weighted by molar-refractivity contribution is 6.31. The first-order valence-electron chi connectivity index (χ1n) is 9.50. The zero-order valence-corrected chi connectivity index (χ0v) is 16.8. The molecule has 0 spiro atoms. The van der Waals surface area contributed by atoms with Gasteiger partial charge in [0, 0.05) is 43.3 Å². The van der Waals surface area contributed by atoms with E-state index < -0.39 is 11.4 Å². The van der Waals surface area contributed by atoms with Crippen molar-refractivity contribution in [1.82, 2.24) is 19.4 Å². The summed E-state index contributed by atoms with van der Waals surface area (Å²) >= 11 is 6.09. The molecule has 1 amide bonds. The first kappa shape index (κ1) is 20.4. The van der Waals surface area contributed by atoms with Crippen LogP contribution in [0.2, 0.25) is 5.02 Å². The van der Waals surface area contributed by atoms with Crippen LogP contribution in [0.1, 0.15) is 5.56 Å². The van der Waals surface area contributed by atoms with E-state index in [-0.39, 0.29) is 23.7 Å². The van der Waals surface area contributed by atoms with Crippen molar-refractivity contribution in [2.45, 2.75) is 13.1 Å². The number of carbonyl (C=O) groups excluding carboxylic acids is 1. The summed E-state index contributed by atoms with van der Waals surface area (Å²) in [5.41, 5.74) is 0.367. The zero-order valence-electron chi connectivity index (χ0n) is 16.0. The van der Waals surface area contributed by atoms with Crippen molar-refractivity contribution in [3.8, 4) is 0 Å². The second-order valence-corrected chi connectivity index (χ2v) is 7.60. The number of halogens is 3. The Labute approximate surface area is 176 Å². The summed E-state index contributed by atoms with van der Waals surface area (Å²) in [5, 5.41) is 0.519. The number of aromatic nitrogens is 2. The Morgan fingerprint density at radius 2 is 1.87 bits per heavy atom. The number of piperazine rings is 1. The first-order chi connectivity index (χ1) is 14.4. The third kappa shape index (κ3) is 4.20. The van der Waals surface area contributed by atoms with Crippen LogP contribution in [0.25, 0.3) is 10.9 Å². The summed E-state index contributed by atoms with van der Waals surface area (Å²) in [4.78, 5) is 33.0. The molecule has 4 rings (SSSR count). The van der Waals surface area contributed by atoms with Crippen LogP contribution >= 0.6 is 11.6 Å². The van der Waals surface area contributed by atoms with E-state index in [2.05, 4.69) is 4.98 Å². The quantitative estimate of drug-likeness (QED) is 0.636. The van der Waals surface area contributed by atoms with Gasteiger partial charge in [0.1, 0.15) is 18.2 Å². The van der Waals surface area contributed by atoms with Gasteiger partial charge < -0.3 is 4.90 Å². The molecule has 1 aliphatic rings. The average molecular weight is 433 g/mol. The Balaban J connectivity index is 1.40. The van der Waals surface area contributed by atoms with E-state index >= 15 is 0 Å². The fourth-order valence-electron chi connectivity index (χ4n) is 3.55. The van der Waals surface area contributed by atoms with E-state index in [1.165, 1.54) is 29.1 Å². The zero-order chi connectivity index (χ0) is 21.3. The van der Waals surface area contributed by atoms with Crippen molar-refractivity contribution < 1.29 is 13.6 Å². The minimum atomic E-state index is -0.531. The summed E-state index contributed by atoms with van der Waals surface area (Å²) in [6.45, 7) is 2.23. The molecule has 0 N–H and O–H groups in total. The van der Waals surface area contributed by atoms with Crippen molar-refractivity contribution in [2.24, 2.45) is 0 Å². The number of amides is 1. The van der Waals surface area contributed by atoms with Gasteiger partial charge in [-0.05, 0) is 30.3 Å². The molecule has 2 aromatic carbocycles. The molecular weight excluding hydrogens is 414 g/mol. The predicted octanol–water partition coefficient (Wildman–Crippen LogP) is 2.67. The largest absolute Gasteiger partial charge is 0.339 e. The summed E-state index contributed by atoms with van der Waals surface area (Å²) in [6, 6.07) is 8.38. The molecule has 30 heavy (non-hydrogen) atoms. The number of benzene rings is 2. The highest BCUT2D eigenvalue weighted by Crippen LogP contribution is 2.21. The van der Waals surface area contributed by atoms with Gasteiger partial charge in [0.25, 0.3) is 5.56 Å². The lowest BCUT2D eigenvalue weighted by Crippen LogP contribution is -2.49. The number of carbonyl (C=O) groups is 1. The lowest BCUT2D eigenvalue weighted by Gasteiger charge is -2.35. The van der Waals surface area contributed by atoms with Crippen molar-refractivity contribution >= 4 is 28.4 Å². The van der Waals surface area contributed by atoms with Crippen LogP contribution < -0.4 is 5.56 Å². The molecule has 0 unspecified atom stereocenters. The van der Waals surface area contributed by atoms with Crippen LogP contribution in [0.15, 0.2) is 47.5 Å². The molecule has 9 heteroatoms. The second kappa shape index (κ2) is 8.49. The van der Waals surface area contributed by atoms with Crippen molar-refractivity contribution in [3.05, 3.63) is 75.3 Å². The molecule has 2 heterocycles. The van der Waals surface area contributed by atoms with E-state index in [1.807, 2.05) is 4.90 Å². The lowest BCUT2D eigenvalue weighted by molar-refractivity contribution is -0.133. The maximum absolute atomic E-state index is 14.0. The Morgan fingerprint density at radius 3 is 2.60 bits per heavy atom. The van der Waals surface area contributed by atoms with Gasteiger partial charge >= 0.3 is 0 Å². The predicted molar refractivity (Wildman–Crippen MR) is 109 cm³/mol. The molecule has 0 saturated carbocycles. The van der Waals surface area contributed by atoms with Gasteiger partial charge in [-0.2, -0.15) is 0 Å². The Hall–Kier alpha value is -2.84. The molecular formula is C21H19ClF2N4O2. The molecule has 1 saturated heterocycles. The minimum Gasteiger partial charge on any atom is -0.339 e. The topological polar surface area (TPSA) is 58.4 Å². The van der Waals surface area contributed by atoms with Gasteiger partial charge in [-0.15, -0.1) is 0 Å². The SMILES string of the molecule is O=C(Cn1cnc2ccc(F)cc2c1=O)N1CCN(Cc2c(F)cccc2Cl)CC1. The Kier molecular flexibility index (Phi) is 5.78. The summed E-state index contributed by atoms with van der Waals surface area (Å²) in [6.07, 6.45) is 1.30. The van der Waals surface area contributed by atoms with Crippen molar-refractivity contribution in [1.29, 1.82) is 0 Å². The van der Waals surface area contributed by atoms with E-state index in [1.54, 1.807) is 17.0 Å². The third-order valence-electron chi connectivity index (χ3n) is 5.26. The van der Waals surface area contributed by atoms with Crippen LogP contribution in [0.4, 0.5) is 8.78 Å². The number of rotatable bonds is 4. The second-order valence-electron chi connectivity index (χ2n) is 7.20. The van der Waals surface area contributed by atoms with Gasteiger partial charge in [0.2, 0.25) is 5.91 Å². The molecule has 6 nitrogen and oxygen atoms in total. The normalized spacial score (nSPS) is 15.0. The van der Waals surface area contributed by atoms with Crippen LogP contribution in [-0.2, 0) is 17.9 Å². The van der Waals surface area contributed by atoms with E-state index in [0.717, 1.165) is 6.07 Å². The lowest BCUT2D eigenvalue weighted by atomic mass is 10.2. The highest BCUT2D eigenvalue weighted by Gasteiger charge is 2.23. The Morgan fingerprint density at radius 1 is 1.10 bits per heavy atom. The van der Waals surface area contributed by atoms with E-state index in [9.17, 15) is 18.4 Å². The van der Waals surface area contributed by atoms with Gasteiger partial charge in [0.15, 0.2) is 0 Å². The molecule has 1 aromatic heterocycles. The van der Waals surface area contributed by atoms with Crippen molar-refractivity contribution in [3.63, 3.8) is 0 Å². The number of nitrogens with zero attached hydrogens (tertiary/aromatic N) is 4. The smallest absolute Gasteiger partial charge is 0.261 e. The van der Waals surface area contributed by atoms with E-state index in [4.69, 9.17) is 11.6 Å². The molecule has 0 aliphatic carbocycles. The van der Waals surface area contributed by atoms with Crippen LogP contribution in [0.5, 0.6) is 0 Å². The number of hydrogen-bond acceptors (Lipinski definition) is 4. The average Bonchev–Trinajstić information content (AvgIpc) is 2.73. The van der Waals surface area contributed by atoms with Gasteiger partial charge in [-0.25, -0.2) is 13.8 Å². The fourth-order valence-corrected chi connectivity index (χ4v) is 3.77. The molecule has 0 radical (unpaired) electrons. The van der Waals surface area contributed by atoms with Crippen LogP contribution in [0.3, 0.4) is 0 Å². The maximum Gasteiger partial charge on any atom is 0.261 e. The monoisotopic (exact) mass is 432 g/mol. The van der Waals surface area contributed by atoms with Gasteiger partial charge in [-0.3, -0.25) is 19.1 Å². The number of hydrogen-bond donors (Lipinski definition) is 0. The van der Waals surface area contributed by atoms with Crippen molar-refractivity contribution in [2.75, 3.05) is 26.2 Å². The minimum absolute atomic E-state index is 0.136. The highest BCUT2D eigenvalue weighted by atomic mass is 35.5. The molecule has 1 fully saturated rings. The summed E-state index contributed by atoms with van der Waals surface area (Å²) in [5.74, 6) is -1.10. The van der Waals surface area contributed by atoms with Crippen LogP contribution in [0, 0.1) is 11.6 Å². The molecule has 0 atom stereocenters. The molecule has 3 aromatic rings. The summed E-state index contributed by atoms with van der Waals surface area (Å²) < 4.78 is 28.6. The van der Waals surface area contributed by atoms with Crippen LogP contribution in [-0.4, -0.2) is 51.4 Å². The number of fused-ring (bicyclic) bond motifs is 1. The molecule has 156 valence electrons. The van der Waals surface area contributed by atoms with E-state index in [0.29, 0.717) is 48.8 Å². The molecule has 0 bridgehead atoms. The Bertz CT molecular complexity index is 1140. The maximum atomic E-state index is 14.0. The third-order valence-corrected chi connectivity index (χ3v) is 5.61. The fraction of sp³-hybridized carbons (Fsp3) is 0.286. The standard InChI is InChI=1S/C21H19ClF2N4O2/c22-17-2-1-3-18(24)16(17)11-26-6-8-27(9-7-26)20(29)12-28-13-25-19-5-4-14(23)10-15(19)21(28)30/h1-5,10,13H,6-9,11-12H2. The first-order valence-corrected chi connectivity index (χ1v) is 9.88.